The molecule has 0 amide bonds. The standard InChI is InChI=1S/C13H15ClFNO2/c14-12-10(2-1-3-11(12)15)8-16-6-4-9(5-7-16)13(17)18/h1-3,9H,4-8H2,(H,17,18). The van der Waals surface area contributed by atoms with Gasteiger partial charge in [0.25, 0.3) is 0 Å². The number of likely N-dealkylation sites (tertiary alicyclic amines) is 1. The van der Waals surface area contributed by atoms with Crippen LogP contribution in [0.4, 0.5) is 4.39 Å². The maximum absolute atomic E-state index is 13.3. The Bertz CT molecular complexity index is 445. The molecule has 0 bridgehead atoms. The first kappa shape index (κ1) is 13.3. The van der Waals surface area contributed by atoms with E-state index < -0.39 is 11.8 Å². The zero-order chi connectivity index (χ0) is 13.1. The van der Waals surface area contributed by atoms with Gasteiger partial charge in [0.1, 0.15) is 5.82 Å². The van der Waals surface area contributed by atoms with Crippen LogP contribution in [0.1, 0.15) is 18.4 Å². The van der Waals surface area contributed by atoms with Crippen LogP contribution in [-0.4, -0.2) is 29.1 Å². The van der Waals surface area contributed by atoms with Crippen molar-refractivity contribution in [3.8, 4) is 0 Å². The van der Waals surface area contributed by atoms with E-state index >= 15 is 0 Å². The number of benzene rings is 1. The maximum atomic E-state index is 13.3. The number of hydrogen-bond donors (Lipinski definition) is 1. The second kappa shape index (κ2) is 5.67. The number of hydrogen-bond acceptors (Lipinski definition) is 2. The summed E-state index contributed by atoms with van der Waals surface area (Å²) in [6, 6.07) is 4.78. The predicted molar refractivity (Wildman–Crippen MR) is 67.0 cm³/mol. The van der Waals surface area contributed by atoms with Crippen LogP contribution in [0.3, 0.4) is 0 Å². The molecule has 0 aliphatic carbocycles. The molecule has 2 rings (SSSR count). The van der Waals surface area contributed by atoms with E-state index in [1.807, 2.05) is 0 Å². The lowest BCUT2D eigenvalue weighted by Crippen LogP contribution is -2.35. The molecule has 1 saturated heterocycles. The highest BCUT2D eigenvalue weighted by Crippen LogP contribution is 2.24. The summed E-state index contributed by atoms with van der Waals surface area (Å²) in [5, 5.41) is 9.07. The molecule has 0 spiro atoms. The Labute approximate surface area is 110 Å². The summed E-state index contributed by atoms with van der Waals surface area (Å²) in [5.74, 6) is -1.38. The predicted octanol–water partition coefficient (Wildman–Crippen LogP) is 2.78. The van der Waals surface area contributed by atoms with Crippen LogP contribution in [-0.2, 0) is 11.3 Å². The Morgan fingerprint density at radius 2 is 2.11 bits per heavy atom. The molecule has 18 heavy (non-hydrogen) atoms. The maximum Gasteiger partial charge on any atom is 0.306 e. The molecule has 0 radical (unpaired) electrons. The summed E-state index contributed by atoms with van der Waals surface area (Å²) < 4.78 is 13.3. The largest absolute Gasteiger partial charge is 0.481 e. The molecule has 5 heteroatoms. The van der Waals surface area contributed by atoms with Crippen LogP contribution in [0.25, 0.3) is 0 Å². The third-order valence-corrected chi connectivity index (χ3v) is 3.79. The Morgan fingerprint density at radius 3 is 2.72 bits per heavy atom. The van der Waals surface area contributed by atoms with Gasteiger partial charge >= 0.3 is 5.97 Å². The van der Waals surface area contributed by atoms with E-state index in [-0.39, 0.29) is 10.9 Å². The van der Waals surface area contributed by atoms with Gasteiger partial charge < -0.3 is 5.11 Å². The Kier molecular flexibility index (Phi) is 4.19. The number of carboxylic acids is 1. The lowest BCUT2D eigenvalue weighted by molar-refractivity contribution is -0.143. The quantitative estimate of drug-likeness (QED) is 0.919. The fourth-order valence-electron chi connectivity index (χ4n) is 2.25. The third kappa shape index (κ3) is 3.00. The molecule has 1 aliphatic rings. The molecular weight excluding hydrogens is 257 g/mol. The summed E-state index contributed by atoms with van der Waals surface area (Å²) in [5.41, 5.74) is 0.755. The molecule has 1 aliphatic heterocycles. The minimum atomic E-state index is -0.724. The topological polar surface area (TPSA) is 40.5 Å². The Balaban J connectivity index is 1.96. The van der Waals surface area contributed by atoms with Crippen LogP contribution < -0.4 is 0 Å². The number of halogens is 2. The zero-order valence-electron chi connectivity index (χ0n) is 9.90. The molecule has 1 aromatic carbocycles. The van der Waals surface area contributed by atoms with Gasteiger partial charge in [0.2, 0.25) is 0 Å². The normalized spacial score (nSPS) is 17.9. The third-order valence-electron chi connectivity index (χ3n) is 3.36. The van der Waals surface area contributed by atoms with Crippen LogP contribution in [0.5, 0.6) is 0 Å². The van der Waals surface area contributed by atoms with E-state index in [9.17, 15) is 9.18 Å². The van der Waals surface area contributed by atoms with Gasteiger partial charge in [-0.1, -0.05) is 23.7 Å². The van der Waals surface area contributed by atoms with Crippen molar-refractivity contribution in [1.82, 2.24) is 4.90 Å². The van der Waals surface area contributed by atoms with Crippen LogP contribution >= 0.6 is 11.6 Å². The van der Waals surface area contributed by atoms with E-state index in [2.05, 4.69) is 4.90 Å². The molecule has 0 saturated carbocycles. The van der Waals surface area contributed by atoms with Crippen molar-refractivity contribution in [3.05, 3.63) is 34.6 Å². The molecule has 98 valence electrons. The van der Waals surface area contributed by atoms with Gasteiger partial charge in [0.15, 0.2) is 0 Å². The second-order valence-electron chi connectivity index (χ2n) is 4.60. The SMILES string of the molecule is O=C(O)C1CCN(Cc2cccc(F)c2Cl)CC1. The molecule has 3 nitrogen and oxygen atoms in total. The number of nitrogens with zero attached hydrogens (tertiary/aromatic N) is 1. The summed E-state index contributed by atoms with van der Waals surface area (Å²) in [4.78, 5) is 12.9. The summed E-state index contributed by atoms with van der Waals surface area (Å²) in [7, 11) is 0. The molecule has 1 fully saturated rings. The minimum Gasteiger partial charge on any atom is -0.481 e. The Hall–Kier alpha value is -1.13. The molecule has 1 heterocycles. The summed E-state index contributed by atoms with van der Waals surface area (Å²) in [6.07, 6.45) is 1.28. The minimum absolute atomic E-state index is 0.165. The molecular formula is C13H15ClFNO2. The van der Waals surface area contributed by atoms with Gasteiger partial charge in [0, 0.05) is 6.54 Å². The number of piperidine rings is 1. The van der Waals surface area contributed by atoms with Gasteiger partial charge in [-0.2, -0.15) is 0 Å². The fraction of sp³-hybridized carbons (Fsp3) is 0.462. The smallest absolute Gasteiger partial charge is 0.306 e. The highest BCUT2D eigenvalue weighted by atomic mass is 35.5. The summed E-state index contributed by atoms with van der Waals surface area (Å²) in [6.45, 7) is 2.00. The molecule has 1 aromatic rings. The van der Waals surface area contributed by atoms with E-state index in [4.69, 9.17) is 16.7 Å². The van der Waals surface area contributed by atoms with Gasteiger partial charge in [0.05, 0.1) is 10.9 Å². The van der Waals surface area contributed by atoms with Crippen molar-refractivity contribution in [3.63, 3.8) is 0 Å². The first-order valence-electron chi connectivity index (χ1n) is 5.96. The molecule has 0 atom stereocenters. The van der Waals surface area contributed by atoms with Crippen molar-refractivity contribution in [2.75, 3.05) is 13.1 Å². The van der Waals surface area contributed by atoms with Crippen molar-refractivity contribution >= 4 is 17.6 Å². The monoisotopic (exact) mass is 271 g/mol. The number of carboxylic acid groups (broad SMARTS) is 1. The van der Waals surface area contributed by atoms with Crippen molar-refractivity contribution < 1.29 is 14.3 Å². The van der Waals surface area contributed by atoms with Crippen LogP contribution in [0.15, 0.2) is 18.2 Å². The molecule has 1 N–H and O–H groups in total. The summed E-state index contributed by atoms with van der Waals surface area (Å²) >= 11 is 5.90. The van der Waals surface area contributed by atoms with E-state index in [0.717, 1.165) is 5.56 Å². The lowest BCUT2D eigenvalue weighted by Gasteiger charge is -2.30. The van der Waals surface area contributed by atoms with Gasteiger partial charge in [-0.05, 0) is 37.6 Å². The highest BCUT2D eigenvalue weighted by molar-refractivity contribution is 6.31. The average Bonchev–Trinajstić information content (AvgIpc) is 2.36. The Morgan fingerprint density at radius 1 is 1.44 bits per heavy atom. The van der Waals surface area contributed by atoms with Crippen LogP contribution in [0.2, 0.25) is 5.02 Å². The number of carbonyl (C=O) groups is 1. The van der Waals surface area contributed by atoms with Crippen molar-refractivity contribution in [2.45, 2.75) is 19.4 Å². The molecule has 0 unspecified atom stereocenters. The lowest BCUT2D eigenvalue weighted by atomic mass is 9.97. The fourth-order valence-corrected chi connectivity index (χ4v) is 2.44. The van der Waals surface area contributed by atoms with Crippen molar-refractivity contribution in [2.24, 2.45) is 5.92 Å². The average molecular weight is 272 g/mol. The van der Waals surface area contributed by atoms with Gasteiger partial charge in [-0.15, -0.1) is 0 Å². The zero-order valence-corrected chi connectivity index (χ0v) is 10.7. The van der Waals surface area contributed by atoms with E-state index in [1.165, 1.54) is 6.07 Å². The van der Waals surface area contributed by atoms with E-state index in [0.29, 0.717) is 32.5 Å². The van der Waals surface area contributed by atoms with Crippen LogP contribution in [0, 0.1) is 11.7 Å². The van der Waals surface area contributed by atoms with Gasteiger partial charge in [-0.3, -0.25) is 9.69 Å². The highest BCUT2D eigenvalue weighted by Gasteiger charge is 2.24. The first-order valence-corrected chi connectivity index (χ1v) is 6.34. The van der Waals surface area contributed by atoms with E-state index in [1.54, 1.807) is 12.1 Å². The number of aliphatic carboxylic acids is 1. The van der Waals surface area contributed by atoms with Gasteiger partial charge in [-0.25, -0.2) is 4.39 Å². The number of rotatable bonds is 3. The second-order valence-corrected chi connectivity index (χ2v) is 4.98. The van der Waals surface area contributed by atoms with Crippen molar-refractivity contribution in [1.29, 1.82) is 0 Å². The molecule has 0 aromatic heterocycles. The first-order chi connectivity index (χ1) is 8.58.